The summed E-state index contributed by atoms with van der Waals surface area (Å²) in [5.41, 5.74) is 0.476. The fraction of sp³-hybridized carbons (Fsp3) is 0.462. The minimum Gasteiger partial charge on any atom is -0.478 e. The number of rotatable bonds is 3. The molecule has 0 saturated carbocycles. The number of benzene rings is 1. The van der Waals surface area contributed by atoms with Crippen LogP contribution in [0.1, 0.15) is 16.8 Å². The van der Waals surface area contributed by atoms with Crippen LogP contribution in [0, 0.1) is 5.82 Å². The monoisotopic (exact) mass is 252 g/mol. The fourth-order valence-electron chi connectivity index (χ4n) is 2.28. The third kappa shape index (κ3) is 2.46. The van der Waals surface area contributed by atoms with E-state index in [1.54, 1.807) is 6.07 Å². The van der Waals surface area contributed by atoms with Crippen LogP contribution in [0.15, 0.2) is 18.2 Å². The van der Waals surface area contributed by atoms with E-state index >= 15 is 0 Å². The number of nitrogens with zero attached hydrogens (tertiary/aromatic N) is 2. The molecular weight excluding hydrogens is 235 g/mol. The molecule has 1 N–H and O–H groups in total. The SMILES string of the molecule is CN(C)C1CCN(c2ccc(C(=O)O)cc2F)C1. The number of hydrogen-bond acceptors (Lipinski definition) is 3. The lowest BCUT2D eigenvalue weighted by Gasteiger charge is -2.22. The van der Waals surface area contributed by atoms with Crippen molar-refractivity contribution in [2.24, 2.45) is 0 Å². The Labute approximate surface area is 106 Å². The average Bonchev–Trinajstić information content (AvgIpc) is 2.78. The second-order valence-corrected chi connectivity index (χ2v) is 4.82. The van der Waals surface area contributed by atoms with Gasteiger partial charge in [0.2, 0.25) is 0 Å². The number of anilines is 1. The first-order chi connectivity index (χ1) is 8.49. The Morgan fingerprint density at radius 2 is 2.22 bits per heavy atom. The fourth-order valence-corrected chi connectivity index (χ4v) is 2.28. The summed E-state index contributed by atoms with van der Waals surface area (Å²) in [6.45, 7) is 1.57. The Balaban J connectivity index is 2.18. The van der Waals surface area contributed by atoms with Gasteiger partial charge in [-0.2, -0.15) is 0 Å². The molecule has 5 heteroatoms. The van der Waals surface area contributed by atoms with E-state index in [-0.39, 0.29) is 5.56 Å². The number of aromatic carboxylic acids is 1. The van der Waals surface area contributed by atoms with Crippen molar-refractivity contribution < 1.29 is 14.3 Å². The zero-order valence-corrected chi connectivity index (χ0v) is 10.6. The van der Waals surface area contributed by atoms with Crippen LogP contribution >= 0.6 is 0 Å². The van der Waals surface area contributed by atoms with Crippen LogP contribution in [0.5, 0.6) is 0 Å². The molecule has 98 valence electrons. The Kier molecular flexibility index (Phi) is 3.52. The predicted molar refractivity (Wildman–Crippen MR) is 67.7 cm³/mol. The molecule has 0 spiro atoms. The molecule has 0 radical (unpaired) electrons. The third-order valence-corrected chi connectivity index (χ3v) is 3.43. The molecule has 1 aliphatic rings. The molecule has 1 aromatic rings. The quantitative estimate of drug-likeness (QED) is 0.888. The van der Waals surface area contributed by atoms with Crippen molar-refractivity contribution in [1.29, 1.82) is 0 Å². The van der Waals surface area contributed by atoms with Crippen LogP contribution < -0.4 is 4.90 Å². The normalized spacial score (nSPS) is 19.6. The van der Waals surface area contributed by atoms with Gasteiger partial charge in [-0.15, -0.1) is 0 Å². The molecule has 4 nitrogen and oxygen atoms in total. The minimum absolute atomic E-state index is 0.0143. The molecule has 0 amide bonds. The van der Waals surface area contributed by atoms with Crippen molar-refractivity contribution in [3.8, 4) is 0 Å². The highest BCUT2D eigenvalue weighted by Gasteiger charge is 2.26. The Morgan fingerprint density at radius 3 is 2.72 bits per heavy atom. The van der Waals surface area contributed by atoms with Gasteiger partial charge in [-0.05, 0) is 38.7 Å². The zero-order valence-electron chi connectivity index (χ0n) is 10.6. The standard InChI is InChI=1S/C13H17FN2O2/c1-15(2)10-5-6-16(8-10)12-4-3-9(13(17)18)7-11(12)14/h3-4,7,10H,5-6,8H2,1-2H3,(H,17,18). The maximum absolute atomic E-state index is 13.9. The molecule has 0 bridgehead atoms. The summed E-state index contributed by atoms with van der Waals surface area (Å²) < 4.78 is 13.9. The topological polar surface area (TPSA) is 43.8 Å². The smallest absolute Gasteiger partial charge is 0.335 e. The van der Waals surface area contributed by atoms with E-state index in [0.29, 0.717) is 11.7 Å². The predicted octanol–water partition coefficient (Wildman–Crippen LogP) is 1.66. The van der Waals surface area contributed by atoms with E-state index in [4.69, 9.17) is 5.11 Å². The van der Waals surface area contributed by atoms with Gasteiger partial charge in [-0.25, -0.2) is 9.18 Å². The van der Waals surface area contributed by atoms with Crippen LogP contribution in [-0.4, -0.2) is 49.2 Å². The summed E-state index contributed by atoms with van der Waals surface area (Å²) in [6, 6.07) is 4.50. The number of carbonyl (C=O) groups is 1. The number of likely N-dealkylation sites (N-methyl/N-ethyl adjacent to an activating group) is 1. The van der Waals surface area contributed by atoms with E-state index in [9.17, 15) is 9.18 Å². The summed E-state index contributed by atoms with van der Waals surface area (Å²) >= 11 is 0. The second-order valence-electron chi connectivity index (χ2n) is 4.82. The Bertz CT molecular complexity index is 462. The van der Waals surface area contributed by atoms with Crippen molar-refractivity contribution in [3.05, 3.63) is 29.6 Å². The van der Waals surface area contributed by atoms with Crippen molar-refractivity contribution in [2.45, 2.75) is 12.5 Å². The van der Waals surface area contributed by atoms with E-state index in [0.717, 1.165) is 25.6 Å². The van der Waals surface area contributed by atoms with Crippen molar-refractivity contribution in [3.63, 3.8) is 0 Å². The average molecular weight is 252 g/mol. The lowest BCUT2D eigenvalue weighted by atomic mass is 10.2. The molecule has 0 aromatic heterocycles. The summed E-state index contributed by atoms with van der Waals surface area (Å²) in [6.07, 6.45) is 0.993. The largest absolute Gasteiger partial charge is 0.478 e. The summed E-state index contributed by atoms with van der Waals surface area (Å²) in [7, 11) is 4.02. The third-order valence-electron chi connectivity index (χ3n) is 3.43. The van der Waals surface area contributed by atoms with Gasteiger partial charge in [0, 0.05) is 19.1 Å². The first kappa shape index (κ1) is 12.8. The Morgan fingerprint density at radius 1 is 1.50 bits per heavy atom. The van der Waals surface area contributed by atoms with Crippen molar-refractivity contribution in [2.75, 3.05) is 32.1 Å². The van der Waals surface area contributed by atoms with Crippen molar-refractivity contribution >= 4 is 11.7 Å². The molecule has 0 aliphatic carbocycles. The molecule has 1 heterocycles. The highest BCUT2D eigenvalue weighted by molar-refractivity contribution is 5.88. The van der Waals surface area contributed by atoms with Gasteiger partial charge < -0.3 is 14.9 Å². The molecule has 18 heavy (non-hydrogen) atoms. The number of carboxylic acid groups (broad SMARTS) is 1. The van der Waals surface area contributed by atoms with E-state index in [2.05, 4.69) is 4.90 Å². The first-order valence-electron chi connectivity index (χ1n) is 5.93. The summed E-state index contributed by atoms with van der Waals surface area (Å²) in [4.78, 5) is 14.8. The van der Waals surface area contributed by atoms with Crippen LogP contribution in [0.2, 0.25) is 0 Å². The summed E-state index contributed by atoms with van der Waals surface area (Å²) in [5.74, 6) is -1.57. The lowest BCUT2D eigenvalue weighted by molar-refractivity contribution is 0.0696. The van der Waals surface area contributed by atoms with Crippen LogP contribution in [0.25, 0.3) is 0 Å². The number of halogens is 1. The molecule has 2 rings (SSSR count). The van der Waals surface area contributed by atoms with Gasteiger partial charge in [0.1, 0.15) is 5.82 Å². The molecule has 1 unspecified atom stereocenters. The number of carboxylic acids is 1. The van der Waals surface area contributed by atoms with Crippen LogP contribution in [-0.2, 0) is 0 Å². The van der Waals surface area contributed by atoms with Gasteiger partial charge in [0.25, 0.3) is 0 Å². The van der Waals surface area contributed by atoms with Gasteiger partial charge in [0.05, 0.1) is 11.3 Å². The maximum atomic E-state index is 13.9. The van der Waals surface area contributed by atoms with Gasteiger partial charge in [-0.3, -0.25) is 0 Å². The molecule has 1 saturated heterocycles. The minimum atomic E-state index is -1.10. The molecule has 1 aromatic carbocycles. The molecule has 1 fully saturated rings. The molecule has 1 atom stereocenters. The van der Waals surface area contributed by atoms with Crippen LogP contribution in [0.4, 0.5) is 10.1 Å². The lowest BCUT2D eigenvalue weighted by Crippen LogP contribution is -2.31. The van der Waals surface area contributed by atoms with Crippen LogP contribution in [0.3, 0.4) is 0 Å². The second kappa shape index (κ2) is 4.94. The van der Waals surface area contributed by atoms with Gasteiger partial charge >= 0.3 is 5.97 Å². The highest BCUT2D eigenvalue weighted by Crippen LogP contribution is 2.25. The summed E-state index contributed by atoms with van der Waals surface area (Å²) in [5, 5.41) is 8.79. The van der Waals surface area contributed by atoms with Gasteiger partial charge in [-0.1, -0.05) is 0 Å². The van der Waals surface area contributed by atoms with Crippen molar-refractivity contribution in [1.82, 2.24) is 4.90 Å². The number of hydrogen-bond donors (Lipinski definition) is 1. The zero-order chi connectivity index (χ0) is 13.3. The Hall–Kier alpha value is -1.62. The first-order valence-corrected chi connectivity index (χ1v) is 5.93. The maximum Gasteiger partial charge on any atom is 0.335 e. The highest BCUT2D eigenvalue weighted by atomic mass is 19.1. The van der Waals surface area contributed by atoms with Gasteiger partial charge in [0.15, 0.2) is 0 Å². The molecular formula is C13H17FN2O2. The molecule has 1 aliphatic heterocycles. The van der Waals surface area contributed by atoms with E-state index in [1.165, 1.54) is 6.07 Å². The van der Waals surface area contributed by atoms with E-state index < -0.39 is 11.8 Å². The van der Waals surface area contributed by atoms with E-state index in [1.807, 2.05) is 19.0 Å².